The third-order valence-electron chi connectivity index (χ3n) is 8.03. The Labute approximate surface area is 252 Å². The van der Waals surface area contributed by atoms with Crippen molar-refractivity contribution in [2.75, 3.05) is 19.8 Å². The monoisotopic (exact) mass is 620 g/mol. The van der Waals surface area contributed by atoms with Gasteiger partial charge >= 0.3 is 7.82 Å². The number of aromatic nitrogens is 2. The third-order valence-corrected chi connectivity index (χ3v) is 9.01. The lowest BCUT2D eigenvalue weighted by atomic mass is 9.87. The highest BCUT2D eigenvalue weighted by Gasteiger charge is 2.46. The lowest BCUT2D eigenvalue weighted by molar-refractivity contribution is -0.173. The summed E-state index contributed by atoms with van der Waals surface area (Å²) in [4.78, 5) is 14.2. The van der Waals surface area contributed by atoms with Crippen molar-refractivity contribution in [3.63, 3.8) is 0 Å². The predicted molar refractivity (Wildman–Crippen MR) is 161 cm³/mol. The molecule has 2 rings (SSSR count). The van der Waals surface area contributed by atoms with E-state index in [9.17, 15) is 29.9 Å². The summed E-state index contributed by atoms with van der Waals surface area (Å²) in [6, 6.07) is -0.453. The first-order chi connectivity index (χ1) is 20.2. The highest BCUT2D eigenvalue weighted by atomic mass is 31.2. The van der Waals surface area contributed by atoms with Gasteiger partial charge in [-0.05, 0) is 6.42 Å². The Bertz CT molecular complexity index is 832. The van der Waals surface area contributed by atoms with E-state index >= 15 is 0 Å². The van der Waals surface area contributed by atoms with Gasteiger partial charge in [0.2, 0.25) is 0 Å². The van der Waals surface area contributed by atoms with Crippen molar-refractivity contribution in [3.05, 3.63) is 18.7 Å². The van der Waals surface area contributed by atoms with E-state index in [-0.39, 0.29) is 19.6 Å². The fourth-order valence-corrected chi connectivity index (χ4v) is 6.34. The Morgan fingerprint density at radius 2 is 1.36 bits per heavy atom. The molecule has 1 unspecified atom stereocenters. The van der Waals surface area contributed by atoms with Crippen LogP contribution in [0.5, 0.6) is 0 Å². The summed E-state index contributed by atoms with van der Waals surface area (Å²) >= 11 is 0. The van der Waals surface area contributed by atoms with E-state index in [1.54, 1.807) is 23.3 Å². The van der Waals surface area contributed by atoms with Crippen molar-refractivity contribution in [2.24, 2.45) is 0 Å². The number of phosphoric ester groups is 1. The maximum absolute atomic E-state index is 12.6. The molecule has 0 aliphatic heterocycles. The Hall–Kier alpha value is -0.880. The summed E-state index contributed by atoms with van der Waals surface area (Å²) in [7, 11) is -4.72. The van der Waals surface area contributed by atoms with Crippen LogP contribution in [0.4, 0.5) is 0 Å². The quantitative estimate of drug-likeness (QED) is 0.0738. The van der Waals surface area contributed by atoms with E-state index in [0.29, 0.717) is 6.61 Å². The van der Waals surface area contributed by atoms with Crippen molar-refractivity contribution < 1.29 is 43.7 Å². The predicted octanol–water partition coefficient (Wildman–Crippen LogP) is 5.05. The zero-order valence-corrected chi connectivity index (χ0v) is 26.4. The summed E-state index contributed by atoms with van der Waals surface area (Å²) in [5.41, 5.74) is 0. The molecular formula is C30H57N2O9P. The Morgan fingerprint density at radius 3 is 1.88 bits per heavy atom. The van der Waals surface area contributed by atoms with Crippen LogP contribution >= 0.6 is 7.82 Å². The molecule has 0 aromatic carbocycles. The number of hydrogen-bond acceptors (Lipinski definition) is 9. The Balaban J connectivity index is 1.54. The number of aliphatic hydroxyl groups is 4. The van der Waals surface area contributed by atoms with Crippen LogP contribution in [0, 0.1) is 0 Å². The molecule has 1 aromatic heterocycles. The summed E-state index contributed by atoms with van der Waals surface area (Å²) in [6.45, 7) is 2.82. The molecule has 0 saturated heterocycles. The molecular weight excluding hydrogens is 563 g/mol. The molecule has 1 fully saturated rings. The maximum atomic E-state index is 12.6. The molecule has 0 radical (unpaired) electrons. The van der Waals surface area contributed by atoms with Gasteiger partial charge in [-0.2, -0.15) is 0 Å². The number of rotatable bonds is 25. The van der Waals surface area contributed by atoms with Gasteiger partial charge in [-0.1, -0.05) is 103 Å². The standard InChI is InChI=1S/C30H57N2O9P/c1-2-3-4-5-6-7-8-9-10-11-12-13-14-15-16-17-20-39-22-25(32-19-18-31-24-32)23-40-42(37,38)41-30-27(34)21-26(33)28(35)29(30)36/h18-19,24-30,33-36H,2-17,20-23H2,1H3,(H,37,38)/t25-,26-,27-,28+,29+,30-/m1/s1. The first-order valence-corrected chi connectivity index (χ1v) is 17.7. The van der Waals surface area contributed by atoms with Crippen molar-refractivity contribution >= 4 is 7.82 Å². The Morgan fingerprint density at radius 1 is 0.810 bits per heavy atom. The van der Waals surface area contributed by atoms with E-state index in [4.69, 9.17) is 13.8 Å². The smallest absolute Gasteiger partial charge is 0.390 e. The van der Waals surface area contributed by atoms with Crippen LogP contribution in [-0.4, -0.2) is 85.2 Å². The third kappa shape index (κ3) is 15.2. The van der Waals surface area contributed by atoms with Crippen LogP contribution in [0.25, 0.3) is 0 Å². The van der Waals surface area contributed by atoms with Gasteiger partial charge in [-0.25, -0.2) is 9.55 Å². The van der Waals surface area contributed by atoms with Gasteiger partial charge in [0.1, 0.15) is 18.3 Å². The maximum Gasteiger partial charge on any atom is 0.472 e. The van der Waals surface area contributed by atoms with Gasteiger partial charge in [-0.3, -0.25) is 9.05 Å². The summed E-state index contributed by atoms with van der Waals surface area (Å²) in [5, 5.41) is 39.6. The van der Waals surface area contributed by atoms with Gasteiger partial charge in [0.25, 0.3) is 0 Å². The van der Waals surface area contributed by atoms with E-state index in [2.05, 4.69) is 11.9 Å². The van der Waals surface area contributed by atoms with E-state index in [0.717, 1.165) is 12.8 Å². The molecule has 42 heavy (non-hydrogen) atoms. The number of unbranched alkanes of at least 4 members (excludes halogenated alkanes) is 15. The second-order valence-electron chi connectivity index (χ2n) is 11.7. The van der Waals surface area contributed by atoms with Crippen LogP contribution in [0.2, 0.25) is 0 Å². The molecule has 1 saturated carbocycles. The molecule has 0 amide bonds. The molecule has 12 heteroatoms. The molecule has 11 nitrogen and oxygen atoms in total. The van der Waals surface area contributed by atoms with Gasteiger partial charge in [-0.15, -0.1) is 0 Å². The number of ether oxygens (including phenoxy) is 1. The summed E-state index contributed by atoms with van der Waals surface area (Å²) in [5.74, 6) is 0. The largest absolute Gasteiger partial charge is 0.472 e. The van der Waals surface area contributed by atoms with Gasteiger partial charge in [0.05, 0.1) is 37.8 Å². The topological polar surface area (TPSA) is 164 Å². The molecule has 1 aliphatic carbocycles. The van der Waals surface area contributed by atoms with Gasteiger partial charge in [0.15, 0.2) is 0 Å². The second kappa shape index (κ2) is 21.8. The zero-order valence-electron chi connectivity index (χ0n) is 25.5. The van der Waals surface area contributed by atoms with Gasteiger partial charge in [0, 0.05) is 25.4 Å². The number of nitrogens with zero attached hydrogens (tertiary/aromatic N) is 2. The SMILES string of the molecule is CCCCCCCCCCCCCCCCCCOC[C@H](COP(=O)(O)O[C@H]1[C@@H](O)[C@@H](O)[C@H](O)C[C@H]1O)n1ccnc1. The van der Waals surface area contributed by atoms with Gasteiger partial charge < -0.3 is 34.6 Å². The molecule has 1 heterocycles. The van der Waals surface area contributed by atoms with Crippen molar-refractivity contribution in [3.8, 4) is 0 Å². The van der Waals surface area contributed by atoms with Crippen molar-refractivity contribution in [1.82, 2.24) is 9.55 Å². The number of hydrogen-bond donors (Lipinski definition) is 5. The number of aliphatic hydroxyl groups excluding tert-OH is 4. The average molecular weight is 621 g/mol. The lowest BCUT2D eigenvalue weighted by Crippen LogP contribution is -2.56. The fraction of sp³-hybridized carbons (Fsp3) is 0.900. The highest BCUT2D eigenvalue weighted by Crippen LogP contribution is 2.47. The summed E-state index contributed by atoms with van der Waals surface area (Å²) in [6.07, 6.45) is 17.6. The lowest BCUT2D eigenvalue weighted by Gasteiger charge is -2.38. The minimum Gasteiger partial charge on any atom is -0.390 e. The minimum atomic E-state index is -4.72. The zero-order chi connectivity index (χ0) is 30.6. The average Bonchev–Trinajstić information content (AvgIpc) is 3.50. The Kier molecular flexibility index (Phi) is 19.3. The van der Waals surface area contributed by atoms with E-state index in [1.807, 2.05) is 0 Å². The molecule has 1 aromatic rings. The summed E-state index contributed by atoms with van der Waals surface area (Å²) < 4.78 is 30.2. The molecule has 5 N–H and O–H groups in total. The van der Waals surface area contributed by atoms with Crippen LogP contribution < -0.4 is 0 Å². The number of phosphoric acid groups is 1. The molecule has 0 spiro atoms. The van der Waals surface area contributed by atoms with Crippen molar-refractivity contribution in [2.45, 2.75) is 153 Å². The normalized spacial score (nSPS) is 25.0. The van der Waals surface area contributed by atoms with E-state index in [1.165, 1.54) is 89.9 Å². The first kappa shape index (κ1) is 37.3. The highest BCUT2D eigenvalue weighted by molar-refractivity contribution is 7.47. The molecule has 1 aliphatic rings. The van der Waals surface area contributed by atoms with Crippen molar-refractivity contribution in [1.29, 1.82) is 0 Å². The molecule has 246 valence electrons. The van der Waals surface area contributed by atoms with Crippen LogP contribution in [-0.2, 0) is 18.3 Å². The minimum absolute atomic E-state index is 0.231. The fourth-order valence-electron chi connectivity index (χ4n) is 5.34. The van der Waals surface area contributed by atoms with Crippen LogP contribution in [0.15, 0.2) is 18.7 Å². The van der Waals surface area contributed by atoms with Crippen LogP contribution in [0.3, 0.4) is 0 Å². The molecule has 7 atom stereocenters. The molecule has 0 bridgehead atoms. The first-order valence-electron chi connectivity index (χ1n) is 16.2. The second-order valence-corrected chi connectivity index (χ2v) is 13.1. The van der Waals surface area contributed by atoms with Crippen LogP contribution in [0.1, 0.15) is 122 Å². The number of imidazole rings is 1. The van der Waals surface area contributed by atoms with E-state index < -0.39 is 44.4 Å².